The maximum Gasteiger partial charge on any atom is 0.337 e. The van der Waals surface area contributed by atoms with Crippen molar-refractivity contribution in [1.29, 1.82) is 0 Å². The number of hydrogen-bond donors (Lipinski definition) is 8. The van der Waals surface area contributed by atoms with Crippen LogP contribution < -0.4 is 0 Å². The summed E-state index contributed by atoms with van der Waals surface area (Å²) in [4.78, 5) is 73.1. The zero-order valence-corrected chi connectivity index (χ0v) is 14.6. The van der Waals surface area contributed by atoms with Crippen molar-refractivity contribution in [2.45, 2.75) is 37.4 Å². The topological polar surface area (TPSA) is 281 Å². The average Bonchev–Trinajstić information content (AvgIpc) is 2.43. The van der Waals surface area contributed by atoms with Gasteiger partial charge in [0.2, 0.25) is 0 Å². The lowest BCUT2D eigenvalue weighted by atomic mass is 9.82. The fourth-order valence-corrected chi connectivity index (χ4v) is 1.96. The first kappa shape index (κ1) is 27.6. The molecule has 0 aliphatic carbocycles. The highest BCUT2D eigenvalue weighted by molar-refractivity contribution is 6.04. The molecule has 0 spiro atoms. The number of carboxylic acid groups (broad SMARTS) is 6. The van der Waals surface area contributed by atoms with Crippen molar-refractivity contribution in [2.24, 2.45) is 5.92 Å². The Morgan fingerprint density at radius 2 is 1.00 bits per heavy atom. The molecule has 8 N–H and O–H groups in total. The lowest BCUT2D eigenvalue weighted by molar-refractivity contribution is -0.180. The third kappa shape index (κ3) is 8.76. The van der Waals surface area contributed by atoms with Crippen molar-refractivity contribution in [3.8, 4) is 0 Å². The molecular weight excluding hydrogens is 408 g/mol. The van der Waals surface area contributed by atoms with Crippen molar-refractivity contribution < 1.29 is 74.4 Å². The number of carbonyl (C=O) groups excluding carboxylic acids is 1. The number of rotatable bonds is 11. The maximum atomic E-state index is 10.9. The van der Waals surface area contributed by atoms with Gasteiger partial charge < -0.3 is 40.9 Å². The third-order valence-corrected chi connectivity index (χ3v) is 3.21. The van der Waals surface area contributed by atoms with Crippen LogP contribution in [0.25, 0.3) is 0 Å². The first-order valence-corrected chi connectivity index (χ1v) is 7.21. The van der Waals surface area contributed by atoms with Gasteiger partial charge in [-0.25, -0.2) is 9.59 Å². The number of carbonyl (C=O) groups is 7. The van der Waals surface area contributed by atoms with Gasteiger partial charge in [0, 0.05) is 0 Å². The Morgan fingerprint density at radius 1 is 0.655 bits per heavy atom. The molecule has 0 heterocycles. The van der Waals surface area contributed by atoms with Crippen molar-refractivity contribution >= 4 is 41.6 Å². The molecule has 0 saturated heterocycles. The second-order valence-corrected chi connectivity index (χ2v) is 5.66. The summed E-state index contributed by atoms with van der Waals surface area (Å²) in [7, 11) is 0. The van der Waals surface area contributed by atoms with Gasteiger partial charge in [0.1, 0.15) is 5.78 Å². The number of hydrogen-bond acceptors (Lipinski definition) is 9. The van der Waals surface area contributed by atoms with Gasteiger partial charge in [-0.2, -0.15) is 0 Å². The number of aliphatic hydroxyl groups is 2. The molecule has 15 heteroatoms. The molecule has 0 saturated carbocycles. The van der Waals surface area contributed by atoms with Gasteiger partial charge in [0.05, 0.1) is 19.3 Å². The van der Waals surface area contributed by atoms with E-state index in [9.17, 15) is 38.7 Å². The Balaban J connectivity index is 0. The molecule has 0 radical (unpaired) electrons. The van der Waals surface area contributed by atoms with E-state index in [4.69, 9.17) is 35.7 Å². The first-order valence-electron chi connectivity index (χ1n) is 7.21. The molecule has 15 nitrogen and oxygen atoms in total. The summed E-state index contributed by atoms with van der Waals surface area (Å²) in [6.07, 6.45) is -3.66. The Hall–Kier alpha value is -3.59. The van der Waals surface area contributed by atoms with E-state index in [0.29, 0.717) is 0 Å². The predicted molar refractivity (Wildman–Crippen MR) is 83.7 cm³/mol. The van der Waals surface area contributed by atoms with E-state index >= 15 is 0 Å². The van der Waals surface area contributed by atoms with Crippen molar-refractivity contribution in [3.05, 3.63) is 0 Å². The molecule has 0 aromatic rings. The molecule has 0 aromatic heterocycles. The van der Waals surface area contributed by atoms with Crippen LogP contribution in [0.3, 0.4) is 0 Å². The lowest BCUT2D eigenvalue weighted by Crippen LogP contribution is -2.53. The van der Waals surface area contributed by atoms with E-state index in [0.717, 1.165) is 6.92 Å². The van der Waals surface area contributed by atoms with Crippen LogP contribution in [0.5, 0.6) is 0 Å². The van der Waals surface area contributed by atoms with Gasteiger partial charge >= 0.3 is 35.8 Å². The molecule has 0 aliphatic rings. The highest BCUT2D eigenvalue weighted by Crippen LogP contribution is 2.24. The van der Waals surface area contributed by atoms with Crippen LogP contribution in [0.2, 0.25) is 0 Å². The monoisotopic (exact) mass is 426 g/mol. The van der Waals surface area contributed by atoms with Crippen LogP contribution in [0, 0.1) is 5.92 Å². The zero-order valence-electron chi connectivity index (χ0n) is 14.6. The van der Waals surface area contributed by atoms with Crippen LogP contribution in [0.1, 0.15) is 26.2 Å². The van der Waals surface area contributed by atoms with Crippen molar-refractivity contribution in [1.82, 2.24) is 0 Å². The summed E-state index contributed by atoms with van der Waals surface area (Å²) in [5, 5.41) is 68.9. The molecule has 0 aromatic carbocycles. The van der Waals surface area contributed by atoms with E-state index in [1.165, 1.54) is 0 Å². The fraction of sp³-hybridized carbons (Fsp3) is 0.500. The number of Topliss-reactive ketones (excluding diaryl/α,β-unsaturated/α-hetero) is 1. The van der Waals surface area contributed by atoms with Gasteiger partial charge in [-0.05, 0) is 6.92 Å². The predicted octanol–water partition coefficient (Wildman–Crippen LogP) is -2.68. The molecule has 0 fully saturated rings. The molecule has 0 amide bonds. The number of aliphatic carboxylic acids is 6. The molecule has 29 heavy (non-hydrogen) atoms. The Labute approximate surface area is 160 Å². The van der Waals surface area contributed by atoms with E-state index in [-0.39, 0.29) is 0 Å². The second kappa shape index (κ2) is 10.7. The number of ketones is 1. The summed E-state index contributed by atoms with van der Waals surface area (Å²) >= 11 is 0. The van der Waals surface area contributed by atoms with Crippen LogP contribution in [-0.4, -0.2) is 93.7 Å². The van der Waals surface area contributed by atoms with E-state index in [1.807, 2.05) is 0 Å². The van der Waals surface area contributed by atoms with Gasteiger partial charge in [-0.1, -0.05) is 0 Å². The maximum absolute atomic E-state index is 10.9. The molecular formula is C14H18O15. The highest BCUT2D eigenvalue weighted by atomic mass is 16.4. The van der Waals surface area contributed by atoms with Crippen LogP contribution in [0.4, 0.5) is 0 Å². The largest absolute Gasteiger partial charge is 0.481 e. The Morgan fingerprint density at radius 3 is 1.17 bits per heavy atom. The summed E-state index contributed by atoms with van der Waals surface area (Å²) in [6.45, 7) is 0.758. The minimum atomic E-state index is -3.15. The van der Waals surface area contributed by atoms with Gasteiger partial charge in [0.25, 0.3) is 0 Å². The molecule has 0 bridgehead atoms. The zero-order chi connectivity index (χ0) is 23.7. The van der Waals surface area contributed by atoms with Gasteiger partial charge in [-0.3, -0.25) is 24.0 Å². The normalized spacial score (nSPS) is 13.6. The Kier molecular flexibility index (Phi) is 10.2. The minimum Gasteiger partial charge on any atom is -0.481 e. The van der Waals surface area contributed by atoms with Gasteiger partial charge in [0.15, 0.2) is 17.1 Å². The molecule has 164 valence electrons. The van der Waals surface area contributed by atoms with Crippen molar-refractivity contribution in [3.63, 3.8) is 0 Å². The first-order chi connectivity index (χ1) is 12.9. The summed E-state index contributed by atoms with van der Waals surface area (Å²) < 4.78 is 0. The summed E-state index contributed by atoms with van der Waals surface area (Å²) in [5.74, 6) is -14.2. The SMILES string of the molecule is CC(=O)C(C(=O)O)C(O)(CC(=O)O)C(=O)O.O=C(O)CC(O)(CC(=O)O)C(=O)O. The molecule has 0 rings (SSSR count). The van der Waals surface area contributed by atoms with E-state index < -0.39 is 78.0 Å². The molecule has 2 atom stereocenters. The van der Waals surface area contributed by atoms with Crippen LogP contribution in [0.15, 0.2) is 0 Å². The Bertz CT molecular complexity index is 678. The fourth-order valence-electron chi connectivity index (χ4n) is 1.96. The van der Waals surface area contributed by atoms with Crippen LogP contribution in [-0.2, 0) is 33.6 Å². The van der Waals surface area contributed by atoms with E-state index in [2.05, 4.69) is 0 Å². The van der Waals surface area contributed by atoms with Gasteiger partial charge in [-0.15, -0.1) is 0 Å². The van der Waals surface area contributed by atoms with Crippen molar-refractivity contribution in [2.75, 3.05) is 0 Å². The third-order valence-electron chi connectivity index (χ3n) is 3.21. The summed E-state index contributed by atoms with van der Waals surface area (Å²) in [6, 6.07) is 0. The highest BCUT2D eigenvalue weighted by Gasteiger charge is 2.52. The smallest absolute Gasteiger partial charge is 0.337 e. The van der Waals surface area contributed by atoms with Crippen LogP contribution >= 0.6 is 0 Å². The second-order valence-electron chi connectivity index (χ2n) is 5.66. The lowest BCUT2D eigenvalue weighted by Gasteiger charge is -2.26. The standard InChI is InChI=1S/C8H10O8.C6H8O7/c1-3(9)5(6(12)13)8(16,7(14)15)2-4(10)11;7-3(8)1-6(13,5(11)12)2-4(9)10/h5,16H,2H2,1H3,(H,10,11)(H,12,13)(H,14,15);13H,1-2H2,(H,7,8)(H,9,10)(H,11,12). The minimum absolute atomic E-state index is 0.758. The average molecular weight is 426 g/mol. The number of carboxylic acids is 6. The summed E-state index contributed by atoms with van der Waals surface area (Å²) in [5.41, 5.74) is -5.89. The molecule has 2 unspecified atom stereocenters. The van der Waals surface area contributed by atoms with E-state index in [1.54, 1.807) is 0 Å². The molecule has 0 aliphatic heterocycles. The quantitative estimate of drug-likeness (QED) is 0.156.